The summed E-state index contributed by atoms with van der Waals surface area (Å²) in [4.78, 5) is 45.6. The van der Waals surface area contributed by atoms with Crippen molar-refractivity contribution >= 4 is 94.6 Å². The summed E-state index contributed by atoms with van der Waals surface area (Å²) in [5.74, 6) is 0.798. The first kappa shape index (κ1) is 35.7. The number of carbonyl (C=O) groups excluding carboxylic acids is 2. The molecule has 0 amide bonds. The van der Waals surface area contributed by atoms with Crippen LogP contribution in [0.2, 0.25) is 0 Å². The van der Waals surface area contributed by atoms with Crippen molar-refractivity contribution in [3.05, 3.63) is 116 Å². The number of carbonyl (C=O) groups is 2. The first-order chi connectivity index (χ1) is 20.0. The number of nitrogens with one attached hydrogen (secondary N) is 2. The standard InChI is InChI=1S/2C14H12N2O3S2.Cu/c2*1-9-7-12(11(8-17)13(18)19-9)15-16(14(20)21)10-5-3-2-4-6-10;/h2*2-8H,1H3,(H2,15,17,18,20,21);/p+4. The van der Waals surface area contributed by atoms with Gasteiger partial charge in [0.25, 0.3) is 0 Å². The molecule has 4 aromatic rings. The fourth-order valence-corrected chi connectivity index (χ4v) is 4.23. The van der Waals surface area contributed by atoms with Crippen LogP contribution in [-0.4, -0.2) is 30.7 Å². The second-order valence-electron chi connectivity index (χ2n) is 8.39. The molecule has 4 rings (SSSR count). The number of thiol groups is 2. The Bertz CT molecular complexity index is 1640. The van der Waals surface area contributed by atoms with Crippen molar-refractivity contribution in [2.24, 2.45) is 0 Å². The van der Waals surface area contributed by atoms with Gasteiger partial charge in [-0.3, -0.25) is 9.59 Å². The van der Waals surface area contributed by atoms with Crippen molar-refractivity contribution < 1.29 is 44.9 Å². The predicted molar refractivity (Wildman–Crippen MR) is 178 cm³/mol. The predicted octanol–water partition coefficient (Wildman–Crippen LogP) is 3.46. The molecule has 10 nitrogen and oxygen atoms in total. The number of nitrogens with zero attached hydrogens (tertiary/aromatic N) is 2. The molecule has 227 valence electrons. The molecular formula is C28H28CuN4O6S4+4. The van der Waals surface area contributed by atoms with Gasteiger partial charge in [0.05, 0.1) is 25.3 Å². The first-order valence-corrected chi connectivity index (χ1v) is 13.9. The Kier molecular flexibility index (Phi) is 14.1. The van der Waals surface area contributed by atoms with Crippen LogP contribution in [0.1, 0.15) is 32.2 Å². The van der Waals surface area contributed by atoms with E-state index in [0.717, 1.165) is 11.4 Å². The summed E-state index contributed by atoms with van der Waals surface area (Å²) in [5, 5.41) is 0. The van der Waals surface area contributed by atoms with E-state index in [0.29, 0.717) is 44.2 Å². The summed E-state index contributed by atoms with van der Waals surface area (Å²) >= 11 is 15.2. The molecule has 0 aliphatic rings. The van der Waals surface area contributed by atoms with Crippen LogP contribution in [0.5, 0.6) is 0 Å². The number of hydrazine groups is 2. The van der Waals surface area contributed by atoms with Gasteiger partial charge < -0.3 is 8.83 Å². The van der Waals surface area contributed by atoms with Crippen LogP contribution in [0.25, 0.3) is 0 Å². The summed E-state index contributed by atoms with van der Waals surface area (Å²) in [7, 11) is 0. The summed E-state index contributed by atoms with van der Waals surface area (Å²) in [6.45, 7) is 3.26. The van der Waals surface area contributed by atoms with Gasteiger partial charge in [-0.05, 0) is 48.5 Å². The quantitative estimate of drug-likeness (QED) is 0.0321. The minimum Gasteiger partial charge on any atom is -0.428 e. The van der Waals surface area contributed by atoms with Crippen LogP contribution in [-0.2, 0) is 42.3 Å². The molecule has 2 aromatic carbocycles. The Morgan fingerprint density at radius 3 is 1.30 bits per heavy atom. The average molecular weight is 708 g/mol. The van der Waals surface area contributed by atoms with Crippen LogP contribution in [0, 0.1) is 13.8 Å². The van der Waals surface area contributed by atoms with Crippen LogP contribution in [0.3, 0.4) is 0 Å². The summed E-state index contributed by atoms with van der Waals surface area (Å²) in [5.41, 5.74) is 6.66. The number of aldehydes is 2. The fraction of sp³-hybridized carbons (Fsp3) is 0.0714. The molecule has 0 unspecified atom stereocenters. The number of hydrazone groups is 2. The van der Waals surface area contributed by atoms with Gasteiger partial charge in [-0.15, -0.1) is 0 Å². The maximum absolute atomic E-state index is 11.7. The summed E-state index contributed by atoms with van der Waals surface area (Å²) < 4.78 is 13.9. The monoisotopic (exact) mass is 707 g/mol. The topological polar surface area (TPSA) is 125 Å². The molecular weight excluding hydrogens is 680 g/mol. The number of benzene rings is 2. The average Bonchev–Trinajstić information content (AvgIpc) is 2.95. The normalized spacial score (nSPS) is 11.5. The Morgan fingerprint density at radius 1 is 0.698 bits per heavy atom. The maximum atomic E-state index is 11.7. The number of anilines is 2. The zero-order valence-corrected chi connectivity index (χ0v) is 27.4. The van der Waals surface area contributed by atoms with Crippen molar-refractivity contribution in [2.45, 2.75) is 13.8 Å². The largest absolute Gasteiger partial charge is 0.441 e. The second-order valence-corrected chi connectivity index (χ2v) is 11.0. The van der Waals surface area contributed by atoms with E-state index in [9.17, 15) is 19.2 Å². The molecule has 0 bridgehead atoms. The molecule has 0 saturated heterocycles. The number of rotatable bonds is 8. The van der Waals surface area contributed by atoms with Gasteiger partial charge >= 0.3 is 20.0 Å². The van der Waals surface area contributed by atoms with Crippen LogP contribution < -0.4 is 22.1 Å². The van der Waals surface area contributed by atoms with E-state index in [1.54, 1.807) is 35.3 Å². The van der Waals surface area contributed by atoms with Crippen LogP contribution in [0.15, 0.2) is 91.2 Å². The molecule has 0 fully saturated rings. The van der Waals surface area contributed by atoms with Crippen LogP contribution >= 0.6 is 25.3 Å². The van der Waals surface area contributed by atoms with Gasteiger partial charge in [0.1, 0.15) is 34.0 Å². The molecule has 0 spiro atoms. The zero-order chi connectivity index (χ0) is 30.8. The smallest absolute Gasteiger partial charge is 0.428 e. The minimum atomic E-state index is -0.685. The van der Waals surface area contributed by atoms with Crippen molar-refractivity contribution in [3.8, 4) is 0 Å². The van der Waals surface area contributed by atoms with Gasteiger partial charge in [-0.25, -0.2) is 9.59 Å². The van der Waals surface area contributed by atoms with Gasteiger partial charge in [0.15, 0.2) is 12.6 Å². The van der Waals surface area contributed by atoms with E-state index >= 15 is 0 Å². The van der Waals surface area contributed by atoms with E-state index in [1.165, 1.54) is 0 Å². The van der Waals surface area contributed by atoms with Gasteiger partial charge in [0.2, 0.25) is 11.4 Å². The molecule has 2 aromatic heterocycles. The molecule has 2 N–H and O–H groups in total. The van der Waals surface area contributed by atoms with Gasteiger partial charge in [-0.1, -0.05) is 36.4 Å². The number of hydrogen-bond acceptors (Lipinski definition) is 8. The SMILES string of the molecule is Cc1cc(N/[N+](=C(/S)[SH2+])c2ccccc2)c(C=O)c(=O)o1.Cc1cc(N/[N+](=C(/S)[SH2+])c2ccccc2)c(C=O)c(=O)o1.[Cu]. The molecule has 1 radical (unpaired) electrons. The van der Waals surface area contributed by atoms with Crippen LogP contribution in [0.4, 0.5) is 22.7 Å². The molecule has 15 heteroatoms. The second kappa shape index (κ2) is 17.0. The fourth-order valence-electron chi connectivity index (χ4n) is 3.53. The minimum absolute atomic E-state index is 0. The van der Waals surface area contributed by atoms with Crippen molar-refractivity contribution in [1.29, 1.82) is 0 Å². The van der Waals surface area contributed by atoms with E-state index in [4.69, 9.17) is 8.83 Å². The van der Waals surface area contributed by atoms with Crippen molar-refractivity contribution in [1.82, 2.24) is 0 Å². The van der Waals surface area contributed by atoms with Gasteiger partial charge in [-0.2, -0.15) is 10.9 Å². The van der Waals surface area contributed by atoms with E-state index < -0.39 is 11.3 Å². The van der Waals surface area contributed by atoms with E-state index in [2.05, 4.69) is 61.4 Å². The number of aryl methyl sites for hydroxylation is 2. The Hall–Kier alpha value is -3.46. The van der Waals surface area contributed by atoms with Crippen molar-refractivity contribution in [2.75, 3.05) is 10.9 Å². The van der Waals surface area contributed by atoms with Gasteiger partial charge in [0, 0.05) is 53.5 Å². The Morgan fingerprint density at radius 2 is 1.02 bits per heavy atom. The molecule has 2 heterocycles. The molecule has 0 atom stereocenters. The maximum Gasteiger partial charge on any atom is 0.441 e. The Labute approximate surface area is 279 Å². The molecule has 0 aliphatic carbocycles. The molecule has 0 saturated carbocycles. The van der Waals surface area contributed by atoms with E-state index in [1.807, 2.05) is 60.7 Å². The first-order valence-electron chi connectivity index (χ1n) is 12.0. The third-order valence-electron chi connectivity index (χ3n) is 5.38. The molecule has 43 heavy (non-hydrogen) atoms. The summed E-state index contributed by atoms with van der Waals surface area (Å²) in [6, 6.07) is 21.7. The number of para-hydroxylation sites is 2. The third kappa shape index (κ3) is 9.78. The third-order valence-corrected chi connectivity index (χ3v) is 6.22. The Balaban J connectivity index is 0.000000293. The van der Waals surface area contributed by atoms with E-state index in [-0.39, 0.29) is 28.2 Å². The van der Waals surface area contributed by atoms with Crippen molar-refractivity contribution in [3.63, 3.8) is 0 Å². The number of hydrogen-bond donors (Lipinski definition) is 4. The summed E-state index contributed by atoms with van der Waals surface area (Å²) in [6.07, 6.45) is 0.922. The zero-order valence-electron chi connectivity index (χ0n) is 22.6. The molecule has 0 aliphatic heterocycles.